The smallest absolute Gasteiger partial charge is 0.324 e. The Morgan fingerprint density at radius 1 is 1.27 bits per heavy atom. The number of carboxylic acids is 1. The number of nitrogens with zero attached hydrogens (tertiary/aromatic N) is 2. The largest absolute Gasteiger partial charge is 0.481 e. The fourth-order valence-electron chi connectivity index (χ4n) is 3.95. The maximum atomic E-state index is 12.8. The Morgan fingerprint density at radius 2 is 2.04 bits per heavy atom. The molecular formula is C20H29N3O3. The van der Waals surface area contributed by atoms with Crippen LogP contribution in [0.1, 0.15) is 36.8 Å². The Morgan fingerprint density at radius 3 is 2.73 bits per heavy atom. The minimum atomic E-state index is -0.786. The first-order valence-electron chi connectivity index (χ1n) is 9.63. The number of carboxylic acid groups (broad SMARTS) is 1. The van der Waals surface area contributed by atoms with Crippen molar-refractivity contribution in [1.82, 2.24) is 10.2 Å². The Labute approximate surface area is 155 Å². The minimum Gasteiger partial charge on any atom is -0.481 e. The predicted molar refractivity (Wildman–Crippen MR) is 102 cm³/mol. The standard InChI is InChI=1S/C20H29N3O3/c1-15-14-17(3-5-19(24)25)2-4-18(15)23-13-12-22(20(23)26)11-8-16-6-9-21-10-7-16/h2,4,14,16,21H,3,5-13H2,1H3,(H,24,25). The van der Waals surface area contributed by atoms with Crippen LogP contribution in [-0.2, 0) is 11.2 Å². The molecule has 3 rings (SSSR count). The molecule has 1 aromatic carbocycles. The van der Waals surface area contributed by atoms with E-state index in [2.05, 4.69) is 5.32 Å². The van der Waals surface area contributed by atoms with Crippen molar-refractivity contribution in [2.45, 2.75) is 39.0 Å². The number of amides is 2. The summed E-state index contributed by atoms with van der Waals surface area (Å²) in [7, 11) is 0. The zero-order valence-electron chi connectivity index (χ0n) is 15.5. The van der Waals surface area contributed by atoms with Gasteiger partial charge in [-0.15, -0.1) is 0 Å². The van der Waals surface area contributed by atoms with Crippen molar-refractivity contribution in [3.05, 3.63) is 29.3 Å². The van der Waals surface area contributed by atoms with Crippen LogP contribution in [0.2, 0.25) is 0 Å². The van der Waals surface area contributed by atoms with E-state index in [9.17, 15) is 9.59 Å². The van der Waals surface area contributed by atoms with Crippen molar-refractivity contribution >= 4 is 17.7 Å². The highest BCUT2D eigenvalue weighted by Gasteiger charge is 2.30. The van der Waals surface area contributed by atoms with E-state index in [0.29, 0.717) is 6.42 Å². The summed E-state index contributed by atoms with van der Waals surface area (Å²) in [6, 6.07) is 6.00. The van der Waals surface area contributed by atoms with Crippen molar-refractivity contribution in [2.24, 2.45) is 5.92 Å². The van der Waals surface area contributed by atoms with E-state index in [1.54, 1.807) is 0 Å². The highest BCUT2D eigenvalue weighted by molar-refractivity contribution is 5.94. The van der Waals surface area contributed by atoms with Gasteiger partial charge in [0, 0.05) is 31.7 Å². The molecule has 0 radical (unpaired) electrons. The van der Waals surface area contributed by atoms with Gasteiger partial charge in [0.15, 0.2) is 0 Å². The molecule has 6 heteroatoms. The summed E-state index contributed by atoms with van der Waals surface area (Å²) in [5.41, 5.74) is 2.97. The van der Waals surface area contributed by atoms with E-state index in [4.69, 9.17) is 5.11 Å². The molecule has 2 aliphatic heterocycles. The van der Waals surface area contributed by atoms with Crippen LogP contribution < -0.4 is 10.2 Å². The van der Waals surface area contributed by atoms with Crippen molar-refractivity contribution in [1.29, 1.82) is 0 Å². The molecule has 2 heterocycles. The molecule has 0 unspecified atom stereocenters. The van der Waals surface area contributed by atoms with Gasteiger partial charge in [0.1, 0.15) is 0 Å². The second-order valence-electron chi connectivity index (χ2n) is 7.42. The third-order valence-corrected chi connectivity index (χ3v) is 5.54. The van der Waals surface area contributed by atoms with Gasteiger partial charge in [0.25, 0.3) is 0 Å². The van der Waals surface area contributed by atoms with Crippen LogP contribution >= 0.6 is 0 Å². The van der Waals surface area contributed by atoms with Crippen LogP contribution in [0.25, 0.3) is 0 Å². The number of hydrogen-bond donors (Lipinski definition) is 2. The fraction of sp³-hybridized carbons (Fsp3) is 0.600. The second-order valence-corrected chi connectivity index (χ2v) is 7.42. The number of piperidine rings is 1. The first-order chi connectivity index (χ1) is 12.5. The van der Waals surface area contributed by atoms with Crippen LogP contribution in [0.15, 0.2) is 18.2 Å². The minimum absolute atomic E-state index is 0.0975. The third-order valence-electron chi connectivity index (χ3n) is 5.54. The molecule has 2 saturated heterocycles. The van der Waals surface area contributed by atoms with Gasteiger partial charge < -0.3 is 15.3 Å². The van der Waals surface area contributed by atoms with Gasteiger partial charge in [-0.1, -0.05) is 12.1 Å². The van der Waals surface area contributed by atoms with E-state index < -0.39 is 5.97 Å². The van der Waals surface area contributed by atoms with E-state index >= 15 is 0 Å². The van der Waals surface area contributed by atoms with E-state index in [-0.39, 0.29) is 12.5 Å². The zero-order valence-corrected chi connectivity index (χ0v) is 15.5. The summed E-state index contributed by atoms with van der Waals surface area (Å²) in [5.74, 6) is -0.0563. The number of benzene rings is 1. The molecule has 2 aliphatic rings. The van der Waals surface area contributed by atoms with Gasteiger partial charge >= 0.3 is 12.0 Å². The number of urea groups is 1. The van der Waals surface area contributed by atoms with Crippen LogP contribution in [0.3, 0.4) is 0 Å². The van der Waals surface area contributed by atoms with Crippen molar-refractivity contribution in [3.63, 3.8) is 0 Å². The number of carbonyl (C=O) groups excluding carboxylic acids is 1. The molecule has 2 fully saturated rings. The summed E-state index contributed by atoms with van der Waals surface area (Å²) in [6.45, 7) is 6.53. The molecule has 0 bridgehead atoms. The van der Waals surface area contributed by atoms with Crippen molar-refractivity contribution < 1.29 is 14.7 Å². The number of rotatable bonds is 7. The van der Waals surface area contributed by atoms with Crippen LogP contribution in [0, 0.1) is 12.8 Å². The molecule has 1 aromatic rings. The van der Waals surface area contributed by atoms with Crippen molar-refractivity contribution in [2.75, 3.05) is 37.6 Å². The number of nitrogens with one attached hydrogen (secondary N) is 1. The Kier molecular flexibility index (Phi) is 6.14. The summed E-state index contributed by atoms with van der Waals surface area (Å²) in [5, 5.41) is 12.2. The Hall–Kier alpha value is -2.08. The number of hydrogen-bond acceptors (Lipinski definition) is 3. The molecule has 0 spiro atoms. The molecule has 0 atom stereocenters. The molecule has 2 N–H and O–H groups in total. The fourth-order valence-corrected chi connectivity index (χ4v) is 3.95. The maximum absolute atomic E-state index is 12.8. The Balaban J connectivity index is 1.57. The first-order valence-corrected chi connectivity index (χ1v) is 9.63. The normalized spacial score (nSPS) is 18.6. The van der Waals surface area contributed by atoms with Gasteiger partial charge in [0.05, 0.1) is 0 Å². The van der Waals surface area contributed by atoms with Crippen molar-refractivity contribution in [3.8, 4) is 0 Å². The summed E-state index contributed by atoms with van der Waals surface area (Å²) in [4.78, 5) is 27.4. The lowest BCUT2D eigenvalue weighted by molar-refractivity contribution is -0.136. The monoisotopic (exact) mass is 359 g/mol. The molecule has 0 saturated carbocycles. The zero-order chi connectivity index (χ0) is 18.5. The lowest BCUT2D eigenvalue weighted by Crippen LogP contribution is -2.35. The third kappa shape index (κ3) is 4.55. The predicted octanol–water partition coefficient (Wildman–Crippen LogP) is 2.64. The highest BCUT2D eigenvalue weighted by Crippen LogP contribution is 2.26. The topological polar surface area (TPSA) is 72.9 Å². The lowest BCUT2D eigenvalue weighted by Gasteiger charge is -2.25. The molecule has 142 valence electrons. The summed E-state index contributed by atoms with van der Waals surface area (Å²) in [6.07, 6.45) is 4.17. The molecule has 0 aromatic heterocycles. The van der Waals surface area contributed by atoms with Crippen LogP contribution in [0.4, 0.5) is 10.5 Å². The average molecular weight is 359 g/mol. The van der Waals surface area contributed by atoms with Gasteiger partial charge in [-0.3, -0.25) is 9.69 Å². The number of carbonyl (C=O) groups is 2. The number of aliphatic carboxylic acids is 1. The van der Waals surface area contributed by atoms with Gasteiger partial charge in [-0.05, 0) is 68.8 Å². The van der Waals surface area contributed by atoms with E-state index in [1.165, 1.54) is 12.8 Å². The van der Waals surface area contributed by atoms with Crippen LogP contribution in [0.5, 0.6) is 0 Å². The summed E-state index contributed by atoms with van der Waals surface area (Å²) >= 11 is 0. The number of aryl methyl sites for hydroxylation is 2. The molecular weight excluding hydrogens is 330 g/mol. The number of anilines is 1. The molecule has 0 aliphatic carbocycles. The van der Waals surface area contributed by atoms with Crippen LogP contribution in [-0.4, -0.2) is 54.7 Å². The second kappa shape index (κ2) is 8.54. The quantitative estimate of drug-likeness (QED) is 0.785. The molecule has 2 amide bonds. The lowest BCUT2D eigenvalue weighted by atomic mass is 9.94. The average Bonchev–Trinajstić information content (AvgIpc) is 3.00. The van der Waals surface area contributed by atoms with Gasteiger partial charge in [-0.2, -0.15) is 0 Å². The summed E-state index contributed by atoms with van der Waals surface area (Å²) < 4.78 is 0. The highest BCUT2D eigenvalue weighted by atomic mass is 16.4. The van der Waals surface area contributed by atoms with Gasteiger partial charge in [-0.25, -0.2) is 4.79 Å². The maximum Gasteiger partial charge on any atom is 0.324 e. The Bertz CT molecular complexity index is 656. The van der Waals surface area contributed by atoms with Gasteiger partial charge in [0.2, 0.25) is 0 Å². The molecule has 6 nitrogen and oxygen atoms in total. The van der Waals surface area contributed by atoms with E-state index in [1.807, 2.05) is 34.9 Å². The van der Waals surface area contributed by atoms with E-state index in [0.717, 1.165) is 61.9 Å². The first kappa shape index (κ1) is 18.7. The SMILES string of the molecule is Cc1cc(CCC(=O)O)ccc1N1CCN(CCC2CCNCC2)C1=O. The molecule has 26 heavy (non-hydrogen) atoms.